The van der Waals surface area contributed by atoms with Crippen molar-refractivity contribution in [1.29, 1.82) is 0 Å². The smallest absolute Gasteiger partial charge is 0.220 e. The van der Waals surface area contributed by atoms with Crippen LogP contribution in [0, 0.1) is 10.8 Å². The third-order valence-electron chi connectivity index (χ3n) is 5.80. The molecule has 0 unspecified atom stereocenters. The van der Waals surface area contributed by atoms with Gasteiger partial charge in [0.2, 0.25) is 5.91 Å². The van der Waals surface area contributed by atoms with Gasteiger partial charge in [0.25, 0.3) is 0 Å². The number of carbonyl (C=O) groups is 1. The molecule has 1 aliphatic heterocycles. The zero-order valence-electron chi connectivity index (χ0n) is 10.9. The summed E-state index contributed by atoms with van der Waals surface area (Å²) >= 11 is 0. The van der Waals surface area contributed by atoms with Crippen LogP contribution in [0.2, 0.25) is 0 Å². The van der Waals surface area contributed by atoms with E-state index in [1.165, 1.54) is 64.2 Å². The third kappa shape index (κ3) is 2.23. The molecule has 1 amide bonds. The van der Waals surface area contributed by atoms with E-state index in [1.807, 2.05) is 0 Å². The SMILES string of the molecule is O=C1CC2(CCN1)CCC1(CCCCC1)CC2. The lowest BCUT2D eigenvalue weighted by Gasteiger charge is -2.49. The zero-order chi connectivity index (χ0) is 11.8. The molecule has 2 nitrogen and oxygen atoms in total. The van der Waals surface area contributed by atoms with Gasteiger partial charge < -0.3 is 5.32 Å². The maximum absolute atomic E-state index is 11.6. The number of rotatable bonds is 0. The predicted octanol–water partition coefficient (Wildman–Crippen LogP) is 3.41. The Morgan fingerprint density at radius 2 is 1.41 bits per heavy atom. The van der Waals surface area contributed by atoms with Crippen molar-refractivity contribution in [2.45, 2.75) is 70.6 Å². The van der Waals surface area contributed by atoms with Gasteiger partial charge in [0.15, 0.2) is 0 Å². The van der Waals surface area contributed by atoms with Gasteiger partial charge in [0.1, 0.15) is 0 Å². The number of nitrogens with one attached hydrogen (secondary N) is 1. The highest BCUT2D eigenvalue weighted by molar-refractivity contribution is 5.77. The Morgan fingerprint density at radius 1 is 0.765 bits per heavy atom. The Kier molecular flexibility index (Phi) is 2.92. The first-order valence-corrected chi connectivity index (χ1v) is 7.49. The van der Waals surface area contributed by atoms with Crippen LogP contribution in [0.1, 0.15) is 70.6 Å². The number of hydrogen-bond acceptors (Lipinski definition) is 1. The lowest BCUT2D eigenvalue weighted by atomic mass is 9.57. The summed E-state index contributed by atoms with van der Waals surface area (Å²) in [5, 5.41) is 2.99. The highest BCUT2D eigenvalue weighted by Gasteiger charge is 2.44. The normalized spacial score (nSPS) is 31.4. The van der Waals surface area contributed by atoms with Crippen LogP contribution in [0.15, 0.2) is 0 Å². The second-order valence-electron chi connectivity index (χ2n) is 6.84. The summed E-state index contributed by atoms with van der Waals surface area (Å²) < 4.78 is 0. The molecule has 2 aliphatic carbocycles. The van der Waals surface area contributed by atoms with Crippen LogP contribution in [0.5, 0.6) is 0 Å². The van der Waals surface area contributed by atoms with Gasteiger partial charge >= 0.3 is 0 Å². The predicted molar refractivity (Wildman–Crippen MR) is 68.7 cm³/mol. The molecular formula is C15H25NO. The fourth-order valence-electron chi connectivity index (χ4n) is 4.50. The van der Waals surface area contributed by atoms with E-state index in [9.17, 15) is 4.79 Å². The first-order valence-electron chi connectivity index (χ1n) is 7.49. The minimum atomic E-state index is 0.302. The van der Waals surface area contributed by atoms with Crippen molar-refractivity contribution in [3.63, 3.8) is 0 Å². The molecule has 1 saturated heterocycles. The van der Waals surface area contributed by atoms with Crippen LogP contribution >= 0.6 is 0 Å². The molecule has 3 rings (SSSR count). The Hall–Kier alpha value is -0.530. The molecule has 0 aromatic rings. The lowest BCUT2D eigenvalue weighted by molar-refractivity contribution is -0.127. The highest BCUT2D eigenvalue weighted by atomic mass is 16.1. The summed E-state index contributed by atoms with van der Waals surface area (Å²) in [6, 6.07) is 0. The second-order valence-corrected chi connectivity index (χ2v) is 6.84. The Balaban J connectivity index is 1.64. The molecule has 0 aromatic carbocycles. The minimum absolute atomic E-state index is 0.302. The summed E-state index contributed by atoms with van der Waals surface area (Å²) in [4.78, 5) is 11.6. The van der Waals surface area contributed by atoms with E-state index in [4.69, 9.17) is 0 Å². The van der Waals surface area contributed by atoms with E-state index in [0.717, 1.165) is 13.0 Å². The van der Waals surface area contributed by atoms with Crippen molar-refractivity contribution < 1.29 is 4.79 Å². The van der Waals surface area contributed by atoms with E-state index in [-0.39, 0.29) is 0 Å². The molecule has 96 valence electrons. The molecule has 3 fully saturated rings. The van der Waals surface area contributed by atoms with Gasteiger partial charge in [0.05, 0.1) is 0 Å². The molecular weight excluding hydrogens is 210 g/mol. The summed E-state index contributed by atoms with van der Waals surface area (Å²) in [5.74, 6) is 0.302. The average Bonchev–Trinajstić information content (AvgIpc) is 2.35. The molecule has 1 heterocycles. The van der Waals surface area contributed by atoms with Crippen molar-refractivity contribution in [1.82, 2.24) is 5.32 Å². The molecule has 0 bridgehead atoms. The first kappa shape index (κ1) is 11.6. The van der Waals surface area contributed by atoms with Gasteiger partial charge in [-0.25, -0.2) is 0 Å². The average molecular weight is 235 g/mol. The molecule has 17 heavy (non-hydrogen) atoms. The van der Waals surface area contributed by atoms with E-state index >= 15 is 0 Å². The van der Waals surface area contributed by atoms with E-state index in [2.05, 4.69) is 5.32 Å². The second kappa shape index (κ2) is 4.29. The number of piperidine rings is 1. The largest absolute Gasteiger partial charge is 0.356 e. The zero-order valence-corrected chi connectivity index (χ0v) is 10.9. The van der Waals surface area contributed by atoms with Crippen LogP contribution in [-0.4, -0.2) is 12.5 Å². The number of hydrogen-bond donors (Lipinski definition) is 1. The third-order valence-corrected chi connectivity index (χ3v) is 5.80. The summed E-state index contributed by atoms with van der Waals surface area (Å²) in [6.45, 7) is 0.922. The van der Waals surface area contributed by atoms with Crippen LogP contribution in [0.25, 0.3) is 0 Å². The van der Waals surface area contributed by atoms with Crippen LogP contribution < -0.4 is 5.32 Å². The molecule has 3 aliphatic rings. The Bertz CT molecular complexity index is 294. The maximum atomic E-state index is 11.6. The van der Waals surface area contributed by atoms with Crippen molar-refractivity contribution in [3.8, 4) is 0 Å². The summed E-state index contributed by atoms with van der Waals surface area (Å²) in [5.41, 5.74) is 1.09. The molecule has 0 radical (unpaired) electrons. The van der Waals surface area contributed by atoms with Crippen LogP contribution in [0.4, 0.5) is 0 Å². The van der Waals surface area contributed by atoms with Crippen molar-refractivity contribution >= 4 is 5.91 Å². The molecule has 2 heteroatoms. The molecule has 2 saturated carbocycles. The van der Waals surface area contributed by atoms with Gasteiger partial charge in [-0.2, -0.15) is 0 Å². The fraction of sp³-hybridized carbons (Fsp3) is 0.933. The van der Waals surface area contributed by atoms with Gasteiger partial charge in [-0.05, 0) is 55.8 Å². The van der Waals surface area contributed by atoms with Gasteiger partial charge in [0, 0.05) is 13.0 Å². The number of amides is 1. The standard InChI is InChI=1S/C15H25NO/c17-13-12-15(10-11-16-13)8-6-14(7-9-15)4-2-1-3-5-14/h1-12H2,(H,16,17). The van der Waals surface area contributed by atoms with Crippen molar-refractivity contribution in [3.05, 3.63) is 0 Å². The van der Waals surface area contributed by atoms with E-state index in [0.29, 0.717) is 16.7 Å². The molecule has 0 aromatic heterocycles. The number of carbonyl (C=O) groups excluding carboxylic acids is 1. The van der Waals surface area contributed by atoms with Gasteiger partial charge in [-0.3, -0.25) is 4.79 Å². The lowest BCUT2D eigenvalue weighted by Crippen LogP contribution is -2.44. The van der Waals surface area contributed by atoms with Crippen LogP contribution in [-0.2, 0) is 4.79 Å². The molecule has 0 atom stereocenters. The highest BCUT2D eigenvalue weighted by Crippen LogP contribution is 2.55. The van der Waals surface area contributed by atoms with Gasteiger partial charge in [-0.15, -0.1) is 0 Å². The molecule has 2 spiro atoms. The fourth-order valence-corrected chi connectivity index (χ4v) is 4.50. The first-order chi connectivity index (χ1) is 8.22. The minimum Gasteiger partial charge on any atom is -0.356 e. The monoisotopic (exact) mass is 235 g/mol. The Morgan fingerprint density at radius 3 is 2.06 bits per heavy atom. The van der Waals surface area contributed by atoms with Gasteiger partial charge in [-0.1, -0.05) is 19.3 Å². The van der Waals surface area contributed by atoms with E-state index in [1.54, 1.807) is 0 Å². The van der Waals surface area contributed by atoms with Crippen molar-refractivity contribution in [2.24, 2.45) is 10.8 Å². The topological polar surface area (TPSA) is 29.1 Å². The quantitative estimate of drug-likeness (QED) is 0.685. The van der Waals surface area contributed by atoms with Crippen molar-refractivity contribution in [2.75, 3.05) is 6.54 Å². The molecule has 1 N–H and O–H groups in total. The van der Waals surface area contributed by atoms with E-state index < -0.39 is 0 Å². The van der Waals surface area contributed by atoms with Crippen LogP contribution in [0.3, 0.4) is 0 Å². The summed E-state index contributed by atoms with van der Waals surface area (Å²) in [7, 11) is 0. The maximum Gasteiger partial charge on any atom is 0.220 e. The Labute approximate surface area is 105 Å². The summed E-state index contributed by atoms with van der Waals surface area (Å²) in [6.07, 6.45) is 14.8.